The zero-order valence-corrected chi connectivity index (χ0v) is 15.6. The Labute approximate surface area is 110 Å². The van der Waals surface area contributed by atoms with E-state index in [1.807, 2.05) is 0 Å². The summed E-state index contributed by atoms with van der Waals surface area (Å²) in [5, 5.41) is 0. The standard InChI is InChI=1S/C11H22NO.2CH3.In/c1-7-12-10(6)11(13,8(2)3)9(4)5;;;/h8-9H,7H2,1-6H3;2*1H3;/q-1;;;+1. The maximum absolute atomic E-state index is 6.45. The first-order valence-corrected chi connectivity index (χ1v) is 14.4. The van der Waals surface area contributed by atoms with Crippen LogP contribution >= 0.6 is 0 Å². The molecule has 0 atom stereocenters. The van der Waals surface area contributed by atoms with Gasteiger partial charge in [0.05, 0.1) is 0 Å². The second kappa shape index (κ2) is 7.05. The molecule has 0 amide bonds. The third kappa shape index (κ3) is 3.76. The molecule has 0 bridgehead atoms. The average molecular weight is 329 g/mol. The zero-order chi connectivity index (χ0) is 12.9. The summed E-state index contributed by atoms with van der Waals surface area (Å²) in [6.07, 6.45) is 0. The van der Waals surface area contributed by atoms with Crippen LogP contribution in [0.1, 0.15) is 41.5 Å². The van der Waals surface area contributed by atoms with E-state index in [2.05, 4.69) is 55.9 Å². The minimum absolute atomic E-state index is 0.125. The van der Waals surface area contributed by atoms with Crippen LogP contribution < -0.4 is 0 Å². The van der Waals surface area contributed by atoms with Gasteiger partial charge in [-0.05, 0) is 0 Å². The molecule has 0 N–H and O–H groups in total. The van der Waals surface area contributed by atoms with E-state index in [0.717, 1.165) is 6.54 Å². The number of hydrogen-bond acceptors (Lipinski definition) is 2. The summed E-state index contributed by atoms with van der Waals surface area (Å²) in [5.41, 5.74) is 1.06. The van der Waals surface area contributed by atoms with Crippen LogP contribution in [-0.4, -0.2) is 39.7 Å². The Morgan fingerprint density at radius 3 is 1.88 bits per heavy atom. The first kappa shape index (κ1) is 16.5. The molecule has 0 radical (unpaired) electrons. The van der Waals surface area contributed by atoms with Crippen LogP contribution in [0.2, 0.25) is 9.36 Å². The Kier molecular flexibility index (Phi) is 7.27. The zero-order valence-electron chi connectivity index (χ0n) is 12.3. The van der Waals surface area contributed by atoms with Crippen molar-refractivity contribution in [2.45, 2.75) is 56.5 Å². The quantitative estimate of drug-likeness (QED) is 0.680. The summed E-state index contributed by atoms with van der Waals surface area (Å²) in [6.45, 7) is 14.1. The van der Waals surface area contributed by atoms with Gasteiger partial charge in [-0.3, -0.25) is 0 Å². The first-order valence-electron chi connectivity index (χ1n) is 6.48. The van der Waals surface area contributed by atoms with Crippen molar-refractivity contribution < 1.29 is 2.85 Å². The van der Waals surface area contributed by atoms with Gasteiger partial charge >= 0.3 is 110 Å². The van der Waals surface area contributed by atoms with E-state index in [1.54, 1.807) is 0 Å². The van der Waals surface area contributed by atoms with Crippen molar-refractivity contribution in [2.24, 2.45) is 16.8 Å². The summed E-state index contributed by atoms with van der Waals surface area (Å²) in [4.78, 5) is 4.62. The molecule has 0 heterocycles. The summed E-state index contributed by atoms with van der Waals surface area (Å²) in [6, 6.07) is 0. The van der Waals surface area contributed by atoms with E-state index < -0.39 is 21.9 Å². The molecule has 0 spiro atoms. The van der Waals surface area contributed by atoms with Crippen molar-refractivity contribution in [1.29, 1.82) is 0 Å². The van der Waals surface area contributed by atoms with Crippen LogP contribution in [-0.2, 0) is 2.85 Å². The van der Waals surface area contributed by atoms with Gasteiger partial charge in [-0.1, -0.05) is 0 Å². The second-order valence-corrected chi connectivity index (χ2v) is 12.0. The Bertz CT molecular complexity index is 226. The van der Waals surface area contributed by atoms with Crippen LogP contribution in [0.25, 0.3) is 0 Å². The summed E-state index contributed by atoms with van der Waals surface area (Å²) < 4.78 is 11.1. The van der Waals surface area contributed by atoms with Crippen molar-refractivity contribution in [1.82, 2.24) is 0 Å². The van der Waals surface area contributed by atoms with E-state index in [4.69, 9.17) is 2.85 Å². The molecule has 0 saturated heterocycles. The topological polar surface area (TPSA) is 21.6 Å². The van der Waals surface area contributed by atoms with E-state index in [0.29, 0.717) is 11.8 Å². The van der Waals surface area contributed by atoms with Gasteiger partial charge < -0.3 is 0 Å². The van der Waals surface area contributed by atoms with Gasteiger partial charge in [-0.25, -0.2) is 0 Å². The molecule has 0 aromatic rings. The van der Waals surface area contributed by atoms with Gasteiger partial charge in [0.25, 0.3) is 0 Å². The summed E-state index contributed by atoms with van der Waals surface area (Å²) >= 11 is -1.73. The molecule has 16 heavy (non-hydrogen) atoms. The molecule has 2 nitrogen and oxygen atoms in total. The Hall–Kier alpha value is 0.500. The predicted molar refractivity (Wildman–Crippen MR) is 74.6 cm³/mol. The van der Waals surface area contributed by atoms with Crippen molar-refractivity contribution in [2.75, 3.05) is 6.54 Å². The molecule has 0 rings (SSSR count). The molecule has 0 aliphatic heterocycles. The van der Waals surface area contributed by atoms with Crippen LogP contribution in [0.5, 0.6) is 0 Å². The fourth-order valence-corrected chi connectivity index (χ4v) is 6.88. The van der Waals surface area contributed by atoms with Crippen LogP contribution in [0.4, 0.5) is 0 Å². The average Bonchev–Trinajstić information content (AvgIpc) is 2.12. The normalized spacial score (nSPS) is 13.8. The van der Waals surface area contributed by atoms with Crippen molar-refractivity contribution in [3.8, 4) is 0 Å². The number of aliphatic imine (C=N–C) groups is 1. The molecule has 0 fully saturated rings. The number of rotatable bonds is 6. The Balaban J connectivity index is 5.34. The monoisotopic (exact) mass is 329 g/mol. The second-order valence-electron chi connectivity index (χ2n) is 5.33. The summed E-state index contributed by atoms with van der Waals surface area (Å²) in [5.74, 6) is 0.976. The van der Waals surface area contributed by atoms with E-state index in [-0.39, 0.29) is 5.60 Å². The van der Waals surface area contributed by atoms with E-state index in [1.165, 1.54) is 5.71 Å². The molecule has 0 aromatic heterocycles. The van der Waals surface area contributed by atoms with Crippen LogP contribution in [0.3, 0.4) is 0 Å². The number of hydrogen-bond donors (Lipinski definition) is 0. The Morgan fingerprint density at radius 2 is 1.62 bits per heavy atom. The maximum atomic E-state index is 6.45. The van der Waals surface area contributed by atoms with Crippen molar-refractivity contribution >= 4 is 27.6 Å². The fraction of sp³-hybridized carbons (Fsp3) is 0.923. The predicted octanol–water partition coefficient (Wildman–Crippen LogP) is 3.79. The fourth-order valence-electron chi connectivity index (χ4n) is 2.61. The molecular formula is C13H28InNO. The van der Waals surface area contributed by atoms with Crippen LogP contribution in [0.15, 0.2) is 4.99 Å². The van der Waals surface area contributed by atoms with Crippen molar-refractivity contribution in [3.05, 3.63) is 0 Å². The van der Waals surface area contributed by atoms with E-state index >= 15 is 0 Å². The molecule has 0 saturated carbocycles. The van der Waals surface area contributed by atoms with Crippen LogP contribution in [0, 0.1) is 11.8 Å². The van der Waals surface area contributed by atoms with E-state index in [9.17, 15) is 0 Å². The number of nitrogens with zero attached hydrogens (tertiary/aromatic N) is 1. The third-order valence-electron chi connectivity index (χ3n) is 3.11. The van der Waals surface area contributed by atoms with Gasteiger partial charge in [0.2, 0.25) is 0 Å². The van der Waals surface area contributed by atoms with Gasteiger partial charge in [0.15, 0.2) is 0 Å². The Morgan fingerprint density at radius 1 is 1.19 bits per heavy atom. The molecular weight excluding hydrogens is 301 g/mol. The molecule has 0 unspecified atom stereocenters. The molecule has 0 aliphatic rings. The van der Waals surface area contributed by atoms with Gasteiger partial charge in [-0.2, -0.15) is 0 Å². The SMILES string of the molecule is CCN=C(C)C([O][In]([CH3])[CH3])(C(C)C)C(C)C. The van der Waals surface area contributed by atoms with Gasteiger partial charge in [-0.15, -0.1) is 0 Å². The first-order chi connectivity index (χ1) is 7.28. The third-order valence-corrected chi connectivity index (χ3v) is 5.57. The van der Waals surface area contributed by atoms with Gasteiger partial charge in [0, 0.05) is 0 Å². The molecule has 0 aliphatic carbocycles. The van der Waals surface area contributed by atoms with Crippen molar-refractivity contribution in [3.63, 3.8) is 0 Å². The molecule has 0 aromatic carbocycles. The van der Waals surface area contributed by atoms with Gasteiger partial charge in [0.1, 0.15) is 0 Å². The molecule has 3 heteroatoms. The summed E-state index contributed by atoms with van der Waals surface area (Å²) in [7, 11) is 0. The molecule has 94 valence electrons. The minimum atomic E-state index is -1.73.